The van der Waals surface area contributed by atoms with Gasteiger partial charge >= 0.3 is 5.97 Å². The van der Waals surface area contributed by atoms with Gasteiger partial charge in [0.05, 0.1) is 23.0 Å². The summed E-state index contributed by atoms with van der Waals surface area (Å²) in [5.74, 6) is -1.15. The van der Waals surface area contributed by atoms with Crippen LogP contribution in [0.2, 0.25) is 0 Å². The van der Waals surface area contributed by atoms with Gasteiger partial charge in [-0.05, 0) is 24.6 Å². The van der Waals surface area contributed by atoms with Crippen molar-refractivity contribution in [3.05, 3.63) is 50.5 Å². The van der Waals surface area contributed by atoms with Crippen LogP contribution in [0.3, 0.4) is 0 Å². The minimum Gasteiger partial charge on any atom is -0.456 e. The zero-order valence-electron chi connectivity index (χ0n) is 17.9. The second kappa shape index (κ2) is 9.35. The van der Waals surface area contributed by atoms with E-state index < -0.39 is 22.9 Å². The molecule has 3 aliphatic rings. The van der Waals surface area contributed by atoms with Gasteiger partial charge in [-0.2, -0.15) is 0 Å². The zero-order valence-corrected chi connectivity index (χ0v) is 19.6. The van der Waals surface area contributed by atoms with Gasteiger partial charge in [0.15, 0.2) is 0 Å². The Kier molecular flexibility index (Phi) is 6.68. The first-order valence-electron chi connectivity index (χ1n) is 10.4. The largest absolute Gasteiger partial charge is 0.456 e. The van der Waals surface area contributed by atoms with Crippen LogP contribution < -0.4 is 5.32 Å². The molecule has 10 nitrogen and oxygen atoms in total. The maximum absolute atomic E-state index is 13.1. The maximum Gasteiger partial charge on any atom is 0.356 e. The fourth-order valence-corrected chi connectivity index (χ4v) is 6.62. The zero-order chi connectivity index (χ0) is 23.9. The Hall–Kier alpha value is -2.57. The number of nitrogens with zero attached hydrogens (tertiary/aromatic N) is 2. The van der Waals surface area contributed by atoms with Crippen LogP contribution in [0.5, 0.6) is 0 Å². The second-order valence-electron chi connectivity index (χ2n) is 8.19. The molecule has 176 valence electrons. The fourth-order valence-electron chi connectivity index (χ4n) is 4.33. The molecule has 2 saturated heterocycles. The van der Waals surface area contributed by atoms with Crippen LogP contribution in [0.15, 0.2) is 34.9 Å². The number of aliphatic hydroxyl groups excluding tert-OH is 1. The predicted octanol–water partition coefficient (Wildman–Crippen LogP) is 2.27. The summed E-state index contributed by atoms with van der Waals surface area (Å²) in [5, 5.41) is 23.6. The maximum atomic E-state index is 13.1. The van der Waals surface area contributed by atoms with Crippen molar-refractivity contribution in [3.8, 4) is 0 Å². The summed E-state index contributed by atoms with van der Waals surface area (Å²) >= 11 is 2.63. The standard InChI is InChI=1S/C21H23N3O7S2/c1-10-16-15(11(2)25)19(26)23(16)17(18(10)33-14-7-22-21(28)32-9-14)20(27)31-8-12-3-5-13(6-4-12)24(29)30/h3-6,10-11,14-16,25H,7-9H2,1-2H3,(H,22,28)/t10-,11-,14?,15-,16-/m1/s1. The van der Waals surface area contributed by atoms with Crippen LogP contribution in [-0.2, 0) is 20.9 Å². The average molecular weight is 494 g/mol. The molecule has 5 atom stereocenters. The molecule has 1 aromatic carbocycles. The summed E-state index contributed by atoms with van der Waals surface area (Å²) in [6.07, 6.45) is -0.840. The second-order valence-corrected chi connectivity index (χ2v) is 10.5. The number of non-ortho nitro benzene ring substituents is 1. The number of nitrogens with one attached hydrogen (secondary N) is 1. The molecule has 0 bridgehead atoms. The molecular formula is C21H23N3O7S2. The summed E-state index contributed by atoms with van der Waals surface area (Å²) < 4.78 is 5.48. The van der Waals surface area contributed by atoms with Crippen LogP contribution in [0.4, 0.5) is 10.5 Å². The van der Waals surface area contributed by atoms with E-state index in [1.54, 1.807) is 6.92 Å². The van der Waals surface area contributed by atoms with Gasteiger partial charge < -0.3 is 20.1 Å². The number of thioether (sulfide) groups is 2. The third-order valence-electron chi connectivity index (χ3n) is 5.99. The van der Waals surface area contributed by atoms with Crippen molar-refractivity contribution in [1.82, 2.24) is 10.2 Å². The molecule has 12 heteroatoms. The summed E-state index contributed by atoms with van der Waals surface area (Å²) in [4.78, 5) is 49.8. The van der Waals surface area contributed by atoms with E-state index in [4.69, 9.17) is 4.74 Å². The van der Waals surface area contributed by atoms with E-state index >= 15 is 0 Å². The van der Waals surface area contributed by atoms with Crippen LogP contribution >= 0.6 is 23.5 Å². The third kappa shape index (κ3) is 4.46. The molecule has 1 aromatic rings. The van der Waals surface area contributed by atoms with Gasteiger partial charge in [-0.25, -0.2) is 4.79 Å². The third-order valence-corrected chi connectivity index (χ3v) is 8.66. The Morgan fingerprint density at radius 2 is 2.09 bits per heavy atom. The molecule has 0 spiro atoms. The fraction of sp³-hybridized carbons (Fsp3) is 0.476. The van der Waals surface area contributed by atoms with Gasteiger partial charge in [0.2, 0.25) is 5.91 Å². The summed E-state index contributed by atoms with van der Waals surface area (Å²) in [7, 11) is 0. The molecule has 2 amide bonds. The lowest BCUT2D eigenvalue weighted by atomic mass is 9.79. The summed E-state index contributed by atoms with van der Waals surface area (Å²) in [5.41, 5.74) is 0.699. The molecule has 3 heterocycles. The van der Waals surface area contributed by atoms with Crippen molar-refractivity contribution in [1.29, 1.82) is 0 Å². The summed E-state index contributed by atoms with van der Waals surface area (Å²) in [6, 6.07) is 5.36. The lowest BCUT2D eigenvalue weighted by Gasteiger charge is -2.46. The Bertz CT molecular complexity index is 1020. The van der Waals surface area contributed by atoms with E-state index in [2.05, 4.69) is 5.32 Å². The molecule has 0 aliphatic carbocycles. The number of esters is 1. The van der Waals surface area contributed by atoms with E-state index in [0.29, 0.717) is 22.8 Å². The first-order chi connectivity index (χ1) is 15.7. The number of carbonyl (C=O) groups is 3. The predicted molar refractivity (Wildman–Crippen MR) is 122 cm³/mol. The summed E-state index contributed by atoms with van der Waals surface area (Å²) in [6.45, 7) is 3.84. The monoisotopic (exact) mass is 493 g/mol. The van der Waals surface area contributed by atoms with E-state index in [1.807, 2.05) is 6.92 Å². The number of hydrogen-bond acceptors (Lipinski definition) is 9. The van der Waals surface area contributed by atoms with Gasteiger partial charge in [0, 0.05) is 40.5 Å². The number of β-lactam (4-membered cyclic amide) rings is 1. The number of amides is 2. The number of carbonyl (C=O) groups excluding carboxylic acids is 3. The molecule has 33 heavy (non-hydrogen) atoms. The number of ether oxygens (including phenoxy) is 1. The smallest absolute Gasteiger partial charge is 0.356 e. The number of aliphatic hydroxyl groups is 1. The van der Waals surface area contributed by atoms with Gasteiger partial charge in [0.25, 0.3) is 10.9 Å². The van der Waals surface area contributed by atoms with E-state index in [0.717, 1.165) is 0 Å². The van der Waals surface area contributed by atoms with E-state index in [9.17, 15) is 29.6 Å². The van der Waals surface area contributed by atoms with E-state index in [1.165, 1.54) is 52.7 Å². The quantitative estimate of drug-likeness (QED) is 0.253. The molecule has 0 radical (unpaired) electrons. The molecule has 2 N–H and O–H groups in total. The van der Waals surface area contributed by atoms with Crippen molar-refractivity contribution in [2.45, 2.75) is 37.9 Å². The van der Waals surface area contributed by atoms with Crippen LogP contribution in [0, 0.1) is 22.0 Å². The van der Waals surface area contributed by atoms with Crippen molar-refractivity contribution >= 4 is 46.3 Å². The van der Waals surface area contributed by atoms with Gasteiger partial charge in [0.1, 0.15) is 12.3 Å². The Labute approximate surface area is 198 Å². The molecular weight excluding hydrogens is 470 g/mol. The highest BCUT2D eigenvalue weighted by molar-refractivity contribution is 8.14. The number of benzene rings is 1. The van der Waals surface area contributed by atoms with Crippen LogP contribution in [0.1, 0.15) is 19.4 Å². The SMILES string of the molecule is C[C@@H](O)[C@H]1C(=O)N2C(C(=O)OCc3ccc([N+](=O)[O-])cc3)=C(SC3CNC(=O)SC3)[C@H](C)[C@H]12. The van der Waals surface area contributed by atoms with Crippen molar-refractivity contribution in [2.24, 2.45) is 11.8 Å². The minimum absolute atomic E-state index is 0.0291. The van der Waals surface area contributed by atoms with Crippen molar-refractivity contribution in [3.63, 3.8) is 0 Å². The highest BCUT2D eigenvalue weighted by Crippen LogP contribution is 2.51. The number of fused-ring (bicyclic) bond motifs is 1. The number of nitro groups is 1. The van der Waals surface area contributed by atoms with Crippen LogP contribution in [-0.4, -0.2) is 61.7 Å². The lowest BCUT2D eigenvalue weighted by Crippen LogP contribution is -2.63. The molecule has 3 aliphatic heterocycles. The first-order valence-corrected chi connectivity index (χ1v) is 12.3. The van der Waals surface area contributed by atoms with E-state index in [-0.39, 0.29) is 46.3 Å². The van der Waals surface area contributed by atoms with Gasteiger partial charge in [-0.15, -0.1) is 11.8 Å². The Balaban J connectivity index is 1.54. The topological polar surface area (TPSA) is 139 Å². The van der Waals surface area contributed by atoms with Gasteiger partial charge in [-0.1, -0.05) is 18.7 Å². The average Bonchev–Trinajstić information content (AvgIpc) is 3.02. The molecule has 2 fully saturated rings. The highest BCUT2D eigenvalue weighted by atomic mass is 32.2. The van der Waals surface area contributed by atoms with Crippen LogP contribution in [0.25, 0.3) is 0 Å². The van der Waals surface area contributed by atoms with Gasteiger partial charge in [-0.3, -0.25) is 19.7 Å². The first kappa shape index (κ1) is 23.6. The number of nitro benzene ring substituents is 1. The number of rotatable bonds is 7. The lowest BCUT2D eigenvalue weighted by molar-refractivity contribution is -0.384. The Morgan fingerprint density at radius 1 is 1.39 bits per heavy atom. The normalized spacial score (nSPS) is 27.5. The number of hydrogen-bond donors (Lipinski definition) is 2. The molecule has 0 aromatic heterocycles. The van der Waals surface area contributed by atoms with Crippen molar-refractivity contribution in [2.75, 3.05) is 12.3 Å². The van der Waals surface area contributed by atoms with Crippen molar-refractivity contribution < 1.29 is 29.2 Å². The Morgan fingerprint density at radius 3 is 2.67 bits per heavy atom. The minimum atomic E-state index is -0.840. The molecule has 0 saturated carbocycles. The molecule has 4 rings (SSSR count). The highest BCUT2D eigenvalue weighted by Gasteiger charge is 2.60. The molecule has 1 unspecified atom stereocenters.